The van der Waals surface area contributed by atoms with E-state index in [1.807, 2.05) is 0 Å². The number of halogens is 4. The lowest BCUT2D eigenvalue weighted by Crippen LogP contribution is -2.40. The summed E-state index contributed by atoms with van der Waals surface area (Å²) in [5.74, 6) is 0.891. The molecule has 10 nitrogen and oxygen atoms in total. The number of anilines is 2. The highest BCUT2D eigenvalue weighted by molar-refractivity contribution is 6.28. The third kappa shape index (κ3) is 6.25. The second-order valence-electron chi connectivity index (χ2n) is 9.19. The van der Waals surface area contributed by atoms with Crippen molar-refractivity contribution in [3.63, 3.8) is 0 Å². The minimum Gasteiger partial charge on any atom is -0.399 e. The van der Waals surface area contributed by atoms with E-state index in [1.165, 1.54) is 12.3 Å². The Morgan fingerprint density at radius 2 is 1.97 bits per heavy atom. The molecule has 3 aliphatic rings. The molecule has 1 saturated heterocycles. The normalized spacial score (nSPS) is 17.5. The van der Waals surface area contributed by atoms with Gasteiger partial charge in [0.2, 0.25) is 5.28 Å². The topological polar surface area (TPSA) is 121 Å². The Hall–Kier alpha value is -3.84. The van der Waals surface area contributed by atoms with E-state index >= 15 is 0 Å². The van der Waals surface area contributed by atoms with Crippen LogP contribution in [0.5, 0.6) is 0 Å². The maximum Gasteiger partial charge on any atom is 0.416 e. The smallest absolute Gasteiger partial charge is 0.399 e. The van der Waals surface area contributed by atoms with E-state index in [0.717, 1.165) is 31.0 Å². The van der Waals surface area contributed by atoms with Gasteiger partial charge in [0.25, 0.3) is 5.91 Å². The number of hydrogen-bond donors (Lipinski definition) is 3. The molecule has 1 aromatic heterocycles. The average molecular weight is 563 g/mol. The molecule has 0 saturated carbocycles. The van der Waals surface area contributed by atoms with Crippen molar-refractivity contribution in [2.75, 3.05) is 43.9 Å². The molecule has 1 fully saturated rings. The van der Waals surface area contributed by atoms with Gasteiger partial charge in [-0.1, -0.05) is 0 Å². The van der Waals surface area contributed by atoms with Crippen LogP contribution in [0.3, 0.4) is 0 Å². The van der Waals surface area contributed by atoms with E-state index in [9.17, 15) is 18.0 Å². The Labute approximate surface area is 227 Å². The van der Waals surface area contributed by atoms with Crippen LogP contribution in [0.1, 0.15) is 22.4 Å². The fourth-order valence-corrected chi connectivity index (χ4v) is 4.75. The molecule has 0 aliphatic carbocycles. The number of carbonyl (C=O) groups is 1. The molecule has 4 N–H and O–H groups in total. The highest BCUT2D eigenvalue weighted by atomic mass is 35.5. The van der Waals surface area contributed by atoms with Gasteiger partial charge >= 0.3 is 6.18 Å². The molecule has 0 bridgehead atoms. The fraction of sp³-hybridized carbons (Fsp3) is 0.360. The molecule has 39 heavy (non-hydrogen) atoms. The highest BCUT2D eigenvalue weighted by Gasteiger charge is 2.31. The van der Waals surface area contributed by atoms with Gasteiger partial charge < -0.3 is 30.9 Å². The van der Waals surface area contributed by atoms with Gasteiger partial charge in [-0.05, 0) is 35.4 Å². The lowest BCUT2D eigenvalue weighted by Gasteiger charge is -2.30. The standard InChI is InChI=1S/C25H26ClF3N8O2/c26-24-34-20-1-2-37(23(38)16-11-31-13-21(32-12-16)36-3-5-39-6-4-36)14-19(20)22(35-24)33-10-15-7-17(25(27,28)29)9-18(30)8-15/h7-9,11-13,32H,1-6,10,14,30H2,(H,33,34,35). The number of aromatic nitrogens is 2. The zero-order valence-electron chi connectivity index (χ0n) is 20.8. The van der Waals surface area contributed by atoms with Gasteiger partial charge in [0, 0.05) is 56.3 Å². The number of ether oxygens (including phenoxy) is 1. The quantitative estimate of drug-likeness (QED) is 0.376. The van der Waals surface area contributed by atoms with Gasteiger partial charge in [-0.2, -0.15) is 13.2 Å². The zero-order chi connectivity index (χ0) is 27.6. The van der Waals surface area contributed by atoms with E-state index < -0.39 is 11.7 Å². The number of nitrogen functional groups attached to an aromatic ring is 1. The number of alkyl halides is 3. The summed E-state index contributed by atoms with van der Waals surface area (Å²) in [4.78, 5) is 30.0. The minimum atomic E-state index is -4.52. The molecule has 0 atom stereocenters. The number of nitrogens with one attached hydrogen (secondary N) is 2. The van der Waals surface area contributed by atoms with E-state index in [1.54, 1.807) is 17.3 Å². The van der Waals surface area contributed by atoms with Crippen LogP contribution in [0.25, 0.3) is 0 Å². The molecule has 3 aliphatic heterocycles. The van der Waals surface area contributed by atoms with Gasteiger partial charge in [-0.25, -0.2) is 9.97 Å². The minimum absolute atomic E-state index is 0.000591. The first-order valence-electron chi connectivity index (χ1n) is 12.2. The molecular formula is C25H26ClF3N8O2. The summed E-state index contributed by atoms with van der Waals surface area (Å²) in [6, 6.07) is 3.37. The van der Waals surface area contributed by atoms with Gasteiger partial charge in [0.1, 0.15) is 11.6 Å². The second-order valence-corrected chi connectivity index (χ2v) is 9.53. The maximum absolute atomic E-state index is 13.4. The SMILES string of the molecule is Nc1cc(CNc2nc(Cl)nc3c2CN(C(=O)C2=CNC(N4CCOCC4)=CN=C2)CC3)cc(C(F)(F)F)c1. The number of nitrogens with two attached hydrogens (primary N) is 1. The van der Waals surface area contributed by atoms with Gasteiger partial charge in [0.05, 0.1) is 42.8 Å². The van der Waals surface area contributed by atoms with Crippen molar-refractivity contribution >= 4 is 35.2 Å². The molecule has 2 aromatic rings. The molecule has 206 valence electrons. The van der Waals surface area contributed by atoms with Crippen molar-refractivity contribution in [2.24, 2.45) is 4.99 Å². The van der Waals surface area contributed by atoms with Crippen molar-refractivity contribution in [1.82, 2.24) is 25.1 Å². The third-order valence-electron chi connectivity index (χ3n) is 6.51. The predicted molar refractivity (Wildman–Crippen MR) is 140 cm³/mol. The van der Waals surface area contributed by atoms with Crippen LogP contribution in [0.4, 0.5) is 24.7 Å². The first-order chi connectivity index (χ1) is 18.7. The predicted octanol–water partition coefficient (Wildman–Crippen LogP) is 2.92. The summed E-state index contributed by atoms with van der Waals surface area (Å²) in [6.07, 6.45) is 0.723. The van der Waals surface area contributed by atoms with Crippen LogP contribution in [-0.4, -0.2) is 64.7 Å². The first kappa shape index (κ1) is 26.8. The summed E-state index contributed by atoms with van der Waals surface area (Å²) >= 11 is 6.13. The van der Waals surface area contributed by atoms with Gasteiger partial charge in [0.15, 0.2) is 0 Å². The van der Waals surface area contributed by atoms with E-state index in [2.05, 4.69) is 30.5 Å². The van der Waals surface area contributed by atoms with Crippen molar-refractivity contribution in [1.29, 1.82) is 0 Å². The summed E-state index contributed by atoms with van der Waals surface area (Å²) in [5, 5.41) is 6.23. The molecule has 4 heterocycles. The number of rotatable bonds is 5. The van der Waals surface area contributed by atoms with E-state index in [-0.39, 0.29) is 30.0 Å². The largest absolute Gasteiger partial charge is 0.416 e. The molecular weight excluding hydrogens is 537 g/mol. The number of nitrogens with zero attached hydrogens (tertiary/aromatic N) is 5. The first-order valence-corrected chi connectivity index (χ1v) is 12.6. The number of hydrogen-bond acceptors (Lipinski definition) is 9. The zero-order valence-corrected chi connectivity index (χ0v) is 21.5. The summed E-state index contributed by atoms with van der Waals surface area (Å²) in [5.41, 5.74) is 6.87. The second kappa shape index (κ2) is 11.1. The van der Waals surface area contributed by atoms with Gasteiger partial charge in [-0.3, -0.25) is 9.79 Å². The molecule has 5 rings (SSSR count). The number of morpholine rings is 1. The van der Waals surface area contributed by atoms with Crippen LogP contribution in [0.2, 0.25) is 5.28 Å². The van der Waals surface area contributed by atoms with Crippen molar-refractivity contribution < 1.29 is 22.7 Å². The average Bonchev–Trinajstić information content (AvgIpc) is 3.17. The summed E-state index contributed by atoms with van der Waals surface area (Å²) in [6.45, 7) is 3.29. The van der Waals surface area contributed by atoms with Crippen LogP contribution >= 0.6 is 11.6 Å². The molecule has 0 spiro atoms. The molecule has 0 radical (unpaired) electrons. The third-order valence-corrected chi connectivity index (χ3v) is 6.68. The Kier molecular flexibility index (Phi) is 7.62. The fourth-order valence-electron chi connectivity index (χ4n) is 4.56. The Balaban J connectivity index is 1.30. The van der Waals surface area contributed by atoms with Crippen molar-refractivity contribution in [3.05, 3.63) is 69.7 Å². The number of benzene rings is 1. The van der Waals surface area contributed by atoms with Crippen LogP contribution < -0.4 is 16.4 Å². The van der Waals surface area contributed by atoms with E-state index in [4.69, 9.17) is 22.1 Å². The Bertz CT molecular complexity index is 1360. The number of amides is 1. The van der Waals surface area contributed by atoms with E-state index in [0.29, 0.717) is 54.4 Å². The monoisotopic (exact) mass is 562 g/mol. The summed E-state index contributed by atoms with van der Waals surface area (Å²) < 4.78 is 45.1. The highest BCUT2D eigenvalue weighted by Crippen LogP contribution is 2.32. The van der Waals surface area contributed by atoms with Gasteiger partial charge in [-0.15, -0.1) is 0 Å². The number of carbonyl (C=O) groups excluding carboxylic acids is 1. The number of aliphatic imine (C=N–C) groups is 1. The van der Waals surface area contributed by atoms with Crippen LogP contribution in [0, 0.1) is 0 Å². The molecule has 1 aromatic carbocycles. The molecule has 1 amide bonds. The Morgan fingerprint density at radius 1 is 1.18 bits per heavy atom. The van der Waals surface area contributed by atoms with Crippen molar-refractivity contribution in [3.8, 4) is 0 Å². The Morgan fingerprint density at radius 3 is 2.74 bits per heavy atom. The van der Waals surface area contributed by atoms with Crippen LogP contribution in [0.15, 0.2) is 47.0 Å². The summed E-state index contributed by atoms with van der Waals surface area (Å²) in [7, 11) is 0. The number of fused-ring (bicyclic) bond motifs is 1. The molecule has 14 heteroatoms. The van der Waals surface area contributed by atoms with Crippen molar-refractivity contribution in [2.45, 2.75) is 25.7 Å². The lowest BCUT2D eigenvalue weighted by molar-refractivity contribution is -0.137. The van der Waals surface area contributed by atoms with Crippen LogP contribution in [-0.2, 0) is 35.2 Å². The maximum atomic E-state index is 13.4. The lowest BCUT2D eigenvalue weighted by atomic mass is 10.0. The molecule has 0 unspecified atom stereocenters.